The molecule has 4 rings (SSSR count). The summed E-state index contributed by atoms with van der Waals surface area (Å²) in [5.41, 5.74) is 3.00. The normalized spacial score (nSPS) is 11.5. The summed E-state index contributed by atoms with van der Waals surface area (Å²) in [5, 5.41) is 8.70. The number of hydrogen-bond donors (Lipinski definition) is 1. The van der Waals surface area contributed by atoms with E-state index in [1.807, 2.05) is 61.5 Å². The van der Waals surface area contributed by atoms with Crippen LogP contribution in [0.5, 0.6) is 11.5 Å². The van der Waals surface area contributed by atoms with E-state index in [9.17, 15) is 8.42 Å². The number of hydrazone groups is 1. The smallest absolute Gasteiger partial charge is 0.276 e. The fraction of sp³-hybridized carbons (Fsp3) is 0.120. The Bertz CT molecular complexity index is 1360. The van der Waals surface area contributed by atoms with Gasteiger partial charge in [0.05, 0.1) is 30.5 Å². The number of sulfonamides is 1. The summed E-state index contributed by atoms with van der Waals surface area (Å²) in [6, 6.07) is 23.2. The van der Waals surface area contributed by atoms with Gasteiger partial charge < -0.3 is 9.47 Å². The summed E-state index contributed by atoms with van der Waals surface area (Å²) < 4.78 is 37.6. The van der Waals surface area contributed by atoms with E-state index in [-0.39, 0.29) is 4.90 Å². The Morgan fingerprint density at radius 3 is 2.29 bits per heavy atom. The van der Waals surface area contributed by atoms with Gasteiger partial charge >= 0.3 is 0 Å². The number of ether oxygens (including phenoxy) is 2. The van der Waals surface area contributed by atoms with Crippen LogP contribution in [-0.2, 0) is 10.0 Å². The standard InChI is InChI=1S/C25H24N4O4S/c1-3-33-23-13-15-24(16-14-23)34(30,31)28-26-17-20-18-29(21-7-5-4-6-8-21)27-25(20)19-9-11-22(32-2)12-10-19/h4-18,28H,3H2,1-2H3. The van der Waals surface area contributed by atoms with Gasteiger partial charge in [0.15, 0.2) is 0 Å². The molecule has 0 saturated carbocycles. The van der Waals surface area contributed by atoms with Crippen LogP contribution in [0.15, 0.2) is 95.1 Å². The Hall–Kier alpha value is -4.11. The van der Waals surface area contributed by atoms with Gasteiger partial charge in [-0.15, -0.1) is 0 Å². The third kappa shape index (κ3) is 5.26. The molecule has 0 amide bonds. The van der Waals surface area contributed by atoms with Crippen molar-refractivity contribution in [3.8, 4) is 28.4 Å². The molecule has 1 N–H and O–H groups in total. The van der Waals surface area contributed by atoms with E-state index in [0.717, 1.165) is 17.0 Å². The quantitative estimate of drug-likeness (QED) is 0.288. The second-order valence-corrected chi connectivity index (χ2v) is 8.86. The molecule has 0 bridgehead atoms. The van der Waals surface area contributed by atoms with Crippen molar-refractivity contribution in [1.82, 2.24) is 14.6 Å². The third-order valence-corrected chi connectivity index (χ3v) is 6.19. The van der Waals surface area contributed by atoms with Gasteiger partial charge in [0, 0.05) is 17.3 Å². The van der Waals surface area contributed by atoms with Crippen molar-refractivity contribution in [2.24, 2.45) is 5.10 Å². The van der Waals surface area contributed by atoms with Crippen molar-refractivity contribution in [3.63, 3.8) is 0 Å². The number of nitrogens with one attached hydrogen (secondary N) is 1. The second kappa shape index (κ2) is 10.2. The fourth-order valence-electron chi connectivity index (χ4n) is 3.27. The van der Waals surface area contributed by atoms with Gasteiger partial charge in [-0.3, -0.25) is 0 Å². The number of nitrogens with zero attached hydrogens (tertiary/aromatic N) is 3. The topological polar surface area (TPSA) is 94.8 Å². The van der Waals surface area contributed by atoms with Gasteiger partial charge in [-0.1, -0.05) is 18.2 Å². The maximum absolute atomic E-state index is 12.6. The summed E-state index contributed by atoms with van der Waals surface area (Å²) in [5.74, 6) is 1.33. The highest BCUT2D eigenvalue weighted by Gasteiger charge is 2.14. The van der Waals surface area contributed by atoms with Crippen LogP contribution in [0.25, 0.3) is 16.9 Å². The lowest BCUT2D eigenvalue weighted by Crippen LogP contribution is -2.18. The number of hydrogen-bond acceptors (Lipinski definition) is 6. The van der Waals surface area contributed by atoms with E-state index >= 15 is 0 Å². The number of benzene rings is 3. The Morgan fingerprint density at radius 2 is 1.65 bits per heavy atom. The van der Waals surface area contributed by atoms with Crippen molar-refractivity contribution < 1.29 is 17.9 Å². The third-order valence-electron chi connectivity index (χ3n) is 4.95. The summed E-state index contributed by atoms with van der Waals surface area (Å²) in [4.78, 5) is 2.35. The molecule has 0 atom stereocenters. The van der Waals surface area contributed by atoms with E-state index in [2.05, 4.69) is 9.93 Å². The highest BCUT2D eigenvalue weighted by atomic mass is 32.2. The first-order valence-corrected chi connectivity index (χ1v) is 12.1. The summed E-state index contributed by atoms with van der Waals surface area (Å²) >= 11 is 0. The maximum Gasteiger partial charge on any atom is 0.276 e. The molecule has 1 heterocycles. The lowest BCUT2D eigenvalue weighted by molar-refractivity contribution is 0.340. The van der Waals surface area contributed by atoms with Crippen LogP contribution in [-0.4, -0.2) is 38.1 Å². The molecule has 0 saturated heterocycles. The maximum atomic E-state index is 12.6. The largest absolute Gasteiger partial charge is 0.497 e. The van der Waals surface area contributed by atoms with Gasteiger partial charge in [-0.25, -0.2) is 9.51 Å². The van der Waals surface area contributed by atoms with Crippen molar-refractivity contribution in [1.29, 1.82) is 0 Å². The first kappa shape index (κ1) is 23.1. The minimum Gasteiger partial charge on any atom is -0.497 e. The molecule has 0 aliphatic carbocycles. The van der Waals surface area contributed by atoms with E-state index in [1.54, 1.807) is 30.1 Å². The average molecular weight is 477 g/mol. The molecule has 34 heavy (non-hydrogen) atoms. The van der Waals surface area contributed by atoms with Gasteiger partial charge in [0.2, 0.25) is 0 Å². The monoisotopic (exact) mass is 476 g/mol. The molecule has 9 heteroatoms. The zero-order valence-corrected chi connectivity index (χ0v) is 19.6. The molecule has 0 spiro atoms. The number of para-hydroxylation sites is 1. The summed E-state index contributed by atoms with van der Waals surface area (Å²) in [7, 11) is -2.24. The van der Waals surface area contributed by atoms with E-state index in [4.69, 9.17) is 14.6 Å². The lowest BCUT2D eigenvalue weighted by Gasteiger charge is -2.06. The molecular formula is C25H24N4O4S. The molecule has 8 nitrogen and oxygen atoms in total. The Kier molecular flexibility index (Phi) is 6.93. The van der Waals surface area contributed by atoms with Crippen LogP contribution in [0.2, 0.25) is 0 Å². The van der Waals surface area contributed by atoms with Gasteiger partial charge in [0.25, 0.3) is 10.0 Å². The number of rotatable bonds is 9. The first-order valence-electron chi connectivity index (χ1n) is 10.6. The van der Waals surface area contributed by atoms with Crippen molar-refractivity contribution >= 4 is 16.2 Å². The Morgan fingerprint density at radius 1 is 0.971 bits per heavy atom. The fourth-order valence-corrected chi connectivity index (χ4v) is 4.06. The van der Waals surface area contributed by atoms with Crippen molar-refractivity contribution in [3.05, 3.63) is 90.6 Å². The number of aromatic nitrogens is 2. The zero-order chi connectivity index (χ0) is 24.0. The molecule has 3 aromatic carbocycles. The predicted octanol–water partition coefficient (Wildman–Crippen LogP) is 4.26. The van der Waals surface area contributed by atoms with Crippen LogP contribution in [0.4, 0.5) is 0 Å². The SMILES string of the molecule is CCOc1ccc(S(=O)(=O)NN=Cc2cn(-c3ccccc3)nc2-c2ccc(OC)cc2)cc1. The van der Waals surface area contributed by atoms with Gasteiger partial charge in [-0.2, -0.15) is 18.6 Å². The summed E-state index contributed by atoms with van der Waals surface area (Å²) in [6.45, 7) is 2.36. The number of methoxy groups -OCH3 is 1. The Labute approximate surface area is 198 Å². The second-order valence-electron chi connectivity index (χ2n) is 7.20. The molecule has 0 radical (unpaired) electrons. The molecule has 0 aliphatic rings. The van der Waals surface area contributed by atoms with E-state index in [0.29, 0.717) is 23.6 Å². The van der Waals surface area contributed by atoms with Crippen molar-refractivity contribution in [2.45, 2.75) is 11.8 Å². The molecular weight excluding hydrogens is 452 g/mol. The van der Waals surface area contributed by atoms with E-state index in [1.165, 1.54) is 18.3 Å². The summed E-state index contributed by atoms with van der Waals surface area (Å²) in [6.07, 6.45) is 3.24. The highest BCUT2D eigenvalue weighted by Crippen LogP contribution is 2.25. The predicted molar refractivity (Wildman–Crippen MR) is 131 cm³/mol. The van der Waals surface area contributed by atoms with E-state index < -0.39 is 10.0 Å². The van der Waals surface area contributed by atoms with Crippen LogP contribution >= 0.6 is 0 Å². The highest BCUT2D eigenvalue weighted by molar-refractivity contribution is 7.89. The minimum absolute atomic E-state index is 0.0865. The van der Waals surface area contributed by atoms with Crippen LogP contribution in [0, 0.1) is 0 Å². The van der Waals surface area contributed by atoms with Crippen molar-refractivity contribution in [2.75, 3.05) is 13.7 Å². The van der Waals surface area contributed by atoms with Crippen LogP contribution < -0.4 is 14.3 Å². The van der Waals surface area contributed by atoms with Crippen LogP contribution in [0.3, 0.4) is 0 Å². The van der Waals surface area contributed by atoms with Gasteiger partial charge in [0.1, 0.15) is 17.2 Å². The lowest BCUT2D eigenvalue weighted by atomic mass is 10.1. The molecule has 4 aromatic rings. The minimum atomic E-state index is -3.84. The molecule has 0 unspecified atom stereocenters. The molecule has 0 aliphatic heterocycles. The zero-order valence-electron chi connectivity index (χ0n) is 18.8. The average Bonchev–Trinajstić information content (AvgIpc) is 3.29. The van der Waals surface area contributed by atoms with Crippen LogP contribution in [0.1, 0.15) is 12.5 Å². The molecule has 1 aromatic heterocycles. The molecule has 174 valence electrons. The van der Waals surface area contributed by atoms with Gasteiger partial charge in [-0.05, 0) is 67.6 Å². The Balaban J connectivity index is 1.62. The molecule has 0 fully saturated rings. The first-order chi connectivity index (χ1) is 16.5.